The predicted molar refractivity (Wildman–Crippen MR) is 67.9 cm³/mol. The lowest BCUT2D eigenvalue weighted by Gasteiger charge is -2.10. The van der Waals surface area contributed by atoms with Gasteiger partial charge in [0.15, 0.2) is 5.05 Å². The third kappa shape index (κ3) is 4.26. The number of benzene rings is 1. The van der Waals surface area contributed by atoms with Crippen LogP contribution in [-0.2, 0) is 11.2 Å². The van der Waals surface area contributed by atoms with Gasteiger partial charge in [0, 0.05) is 12.5 Å². The zero-order valence-electron chi connectivity index (χ0n) is 9.80. The number of hydrogen-bond donors (Lipinski definition) is 1. The Morgan fingerprint density at radius 1 is 1.35 bits per heavy atom. The van der Waals surface area contributed by atoms with Crippen LogP contribution >= 0.6 is 12.2 Å². The number of rotatable bonds is 4. The summed E-state index contributed by atoms with van der Waals surface area (Å²) in [6, 6.07) is 2.01. The van der Waals surface area contributed by atoms with E-state index in [4.69, 9.17) is 22.7 Å². The highest BCUT2D eigenvalue weighted by Crippen LogP contribution is 2.17. The minimum absolute atomic E-state index is 0.0898. The van der Waals surface area contributed by atoms with Gasteiger partial charge in [0.1, 0.15) is 11.6 Å². The maximum Gasteiger partial charge on any atom is 0.164 e. The van der Waals surface area contributed by atoms with E-state index in [1.165, 1.54) is 6.07 Å². The lowest BCUT2D eigenvalue weighted by atomic mass is 10.1. The van der Waals surface area contributed by atoms with Gasteiger partial charge in [0.25, 0.3) is 0 Å². The molecule has 0 saturated carbocycles. The first-order valence-electron chi connectivity index (χ1n) is 5.29. The first kappa shape index (κ1) is 13.8. The average Bonchev–Trinajstić information content (AvgIpc) is 2.23. The minimum atomic E-state index is -0.764. The summed E-state index contributed by atoms with van der Waals surface area (Å²) >= 11 is 4.97. The topological polar surface area (TPSA) is 35.2 Å². The van der Waals surface area contributed by atoms with Gasteiger partial charge in [-0.3, -0.25) is 0 Å². The summed E-state index contributed by atoms with van der Waals surface area (Å²) in [6.07, 6.45) is 0.123. The smallest absolute Gasteiger partial charge is 0.164 e. The van der Waals surface area contributed by atoms with Crippen molar-refractivity contribution in [2.75, 3.05) is 12.3 Å². The number of halogens is 2. The molecule has 17 heavy (non-hydrogen) atoms. The predicted octanol–water partition coefficient (Wildman–Crippen LogP) is 3.09. The van der Waals surface area contributed by atoms with Gasteiger partial charge in [-0.25, -0.2) is 8.78 Å². The van der Waals surface area contributed by atoms with E-state index in [1.807, 2.05) is 13.8 Å². The molecule has 0 aromatic heterocycles. The van der Waals surface area contributed by atoms with Crippen molar-refractivity contribution in [2.24, 2.45) is 5.92 Å². The van der Waals surface area contributed by atoms with Gasteiger partial charge < -0.3 is 10.5 Å². The van der Waals surface area contributed by atoms with E-state index in [-0.39, 0.29) is 22.7 Å². The number of thiocarbonyl (C=S) groups is 1. The SMILES string of the molecule is CC(C)COC(=S)Cc1cc(N)c(F)cc1F. The highest BCUT2D eigenvalue weighted by Gasteiger charge is 2.10. The van der Waals surface area contributed by atoms with Gasteiger partial charge in [-0.1, -0.05) is 13.8 Å². The molecule has 0 bridgehead atoms. The molecule has 0 aliphatic carbocycles. The molecule has 94 valence electrons. The Morgan fingerprint density at radius 2 is 2.00 bits per heavy atom. The average molecular weight is 259 g/mol. The van der Waals surface area contributed by atoms with Gasteiger partial charge in [-0.05, 0) is 29.8 Å². The van der Waals surface area contributed by atoms with E-state index in [1.54, 1.807) is 0 Å². The van der Waals surface area contributed by atoms with Crippen molar-refractivity contribution < 1.29 is 13.5 Å². The van der Waals surface area contributed by atoms with Crippen LogP contribution in [0.4, 0.5) is 14.5 Å². The third-order valence-electron chi connectivity index (χ3n) is 2.08. The number of ether oxygens (including phenoxy) is 1. The molecular weight excluding hydrogens is 244 g/mol. The number of hydrogen-bond acceptors (Lipinski definition) is 3. The van der Waals surface area contributed by atoms with Gasteiger partial charge in [0.05, 0.1) is 12.3 Å². The Bertz CT molecular complexity index is 421. The van der Waals surface area contributed by atoms with Crippen LogP contribution in [0, 0.1) is 17.6 Å². The summed E-state index contributed by atoms with van der Waals surface area (Å²) in [5, 5.41) is 0.281. The first-order chi connectivity index (χ1) is 7.90. The molecule has 0 heterocycles. The second-order valence-corrected chi connectivity index (χ2v) is 4.67. The number of anilines is 1. The Kier molecular flexibility index (Phi) is 4.81. The van der Waals surface area contributed by atoms with Crippen LogP contribution in [0.15, 0.2) is 12.1 Å². The molecule has 5 heteroatoms. The van der Waals surface area contributed by atoms with E-state index in [0.717, 1.165) is 6.07 Å². The summed E-state index contributed by atoms with van der Waals surface area (Å²) in [4.78, 5) is 0. The Morgan fingerprint density at radius 3 is 2.59 bits per heavy atom. The molecule has 0 unspecified atom stereocenters. The third-order valence-corrected chi connectivity index (χ3v) is 2.34. The van der Waals surface area contributed by atoms with Crippen LogP contribution in [0.25, 0.3) is 0 Å². The van der Waals surface area contributed by atoms with E-state index < -0.39 is 11.6 Å². The molecule has 1 rings (SSSR count). The van der Waals surface area contributed by atoms with Crippen LogP contribution in [0.2, 0.25) is 0 Å². The van der Waals surface area contributed by atoms with E-state index in [2.05, 4.69) is 0 Å². The van der Waals surface area contributed by atoms with Crippen molar-refractivity contribution >= 4 is 23.0 Å². The lowest BCUT2D eigenvalue weighted by Crippen LogP contribution is -2.11. The van der Waals surface area contributed by atoms with Crippen LogP contribution in [-0.4, -0.2) is 11.7 Å². The standard InChI is InChI=1S/C12H15F2NOS/c1-7(2)6-16-12(17)4-8-3-11(15)10(14)5-9(8)13/h3,5,7H,4,6,15H2,1-2H3. The summed E-state index contributed by atoms with van der Waals surface area (Å²) < 4.78 is 31.6. The molecule has 0 aliphatic rings. The molecule has 0 aliphatic heterocycles. The van der Waals surface area contributed by atoms with Crippen molar-refractivity contribution in [1.82, 2.24) is 0 Å². The largest absolute Gasteiger partial charge is 0.486 e. The van der Waals surface area contributed by atoms with Crippen molar-refractivity contribution in [1.29, 1.82) is 0 Å². The van der Waals surface area contributed by atoms with Crippen molar-refractivity contribution in [2.45, 2.75) is 20.3 Å². The molecule has 2 N–H and O–H groups in total. The second kappa shape index (κ2) is 5.91. The summed E-state index contributed by atoms with van der Waals surface area (Å²) in [6.45, 7) is 4.45. The fourth-order valence-corrected chi connectivity index (χ4v) is 1.44. The first-order valence-corrected chi connectivity index (χ1v) is 5.70. The second-order valence-electron chi connectivity index (χ2n) is 4.22. The maximum absolute atomic E-state index is 13.4. The number of nitrogens with two attached hydrogens (primary N) is 1. The van der Waals surface area contributed by atoms with Crippen molar-refractivity contribution in [3.05, 3.63) is 29.3 Å². The Balaban J connectivity index is 2.68. The van der Waals surface area contributed by atoms with Gasteiger partial charge in [-0.15, -0.1) is 0 Å². The maximum atomic E-state index is 13.4. The quantitative estimate of drug-likeness (QED) is 0.666. The molecule has 1 aromatic carbocycles. The zero-order chi connectivity index (χ0) is 13.0. The molecular formula is C12H15F2NOS. The molecule has 0 radical (unpaired) electrons. The molecule has 0 atom stereocenters. The van der Waals surface area contributed by atoms with Gasteiger partial charge in [0.2, 0.25) is 0 Å². The fraction of sp³-hybridized carbons (Fsp3) is 0.417. The minimum Gasteiger partial charge on any atom is -0.486 e. The number of nitrogen functional groups attached to an aromatic ring is 1. The molecule has 0 spiro atoms. The summed E-state index contributed by atoms with van der Waals surface area (Å²) in [5.41, 5.74) is 5.52. The van der Waals surface area contributed by atoms with Gasteiger partial charge in [-0.2, -0.15) is 0 Å². The monoisotopic (exact) mass is 259 g/mol. The van der Waals surface area contributed by atoms with Crippen molar-refractivity contribution in [3.63, 3.8) is 0 Å². The van der Waals surface area contributed by atoms with Crippen molar-refractivity contribution in [3.8, 4) is 0 Å². The lowest BCUT2D eigenvalue weighted by molar-refractivity contribution is 0.260. The van der Waals surface area contributed by atoms with E-state index in [0.29, 0.717) is 12.5 Å². The van der Waals surface area contributed by atoms with Crippen LogP contribution in [0.5, 0.6) is 0 Å². The fourth-order valence-electron chi connectivity index (χ4n) is 1.21. The zero-order valence-corrected chi connectivity index (χ0v) is 10.6. The van der Waals surface area contributed by atoms with Crippen LogP contribution in [0.3, 0.4) is 0 Å². The molecule has 1 aromatic rings. The highest BCUT2D eigenvalue weighted by molar-refractivity contribution is 7.80. The Labute approximate surface area is 105 Å². The van der Waals surface area contributed by atoms with E-state index in [9.17, 15) is 8.78 Å². The van der Waals surface area contributed by atoms with Crippen LogP contribution < -0.4 is 5.73 Å². The highest BCUT2D eigenvalue weighted by atomic mass is 32.1. The Hall–Kier alpha value is -1.23. The molecule has 0 saturated heterocycles. The van der Waals surface area contributed by atoms with Crippen LogP contribution in [0.1, 0.15) is 19.4 Å². The normalized spacial score (nSPS) is 10.6. The van der Waals surface area contributed by atoms with E-state index >= 15 is 0 Å². The van der Waals surface area contributed by atoms with Gasteiger partial charge >= 0.3 is 0 Å². The molecule has 0 fully saturated rings. The summed E-state index contributed by atoms with van der Waals surface area (Å²) in [5.74, 6) is -1.08. The molecule has 2 nitrogen and oxygen atoms in total. The summed E-state index contributed by atoms with van der Waals surface area (Å²) in [7, 11) is 0. The molecule has 0 amide bonds.